The Hall–Kier alpha value is -1.51. The molecular formula is C9H10N2O. The lowest BCUT2D eigenvalue weighted by Gasteiger charge is -2.07. The number of hydrogen-bond acceptors (Lipinski definition) is 1. The van der Waals surface area contributed by atoms with E-state index < -0.39 is 0 Å². The van der Waals surface area contributed by atoms with Gasteiger partial charge in [0.05, 0.1) is 6.04 Å². The summed E-state index contributed by atoms with van der Waals surface area (Å²) in [6.45, 7) is 0.683. The zero-order chi connectivity index (χ0) is 8.39. The van der Waals surface area contributed by atoms with E-state index in [1.165, 1.54) is 0 Å². The lowest BCUT2D eigenvalue weighted by Crippen LogP contribution is -2.21. The highest BCUT2D eigenvalue weighted by atomic mass is 16.2. The van der Waals surface area contributed by atoms with Gasteiger partial charge in [0.2, 0.25) is 0 Å². The van der Waals surface area contributed by atoms with Crippen molar-refractivity contribution in [1.82, 2.24) is 10.6 Å². The number of hydrogen-bond donors (Lipinski definition) is 2. The molecule has 1 aromatic carbocycles. The van der Waals surface area contributed by atoms with Crippen molar-refractivity contribution in [1.29, 1.82) is 0 Å². The van der Waals surface area contributed by atoms with E-state index in [1.54, 1.807) is 0 Å². The Morgan fingerprint density at radius 2 is 2.00 bits per heavy atom. The van der Waals surface area contributed by atoms with Crippen LogP contribution in [0.1, 0.15) is 11.6 Å². The number of benzene rings is 1. The van der Waals surface area contributed by atoms with Gasteiger partial charge in [-0.25, -0.2) is 4.79 Å². The molecular weight excluding hydrogens is 152 g/mol. The Morgan fingerprint density at radius 3 is 2.58 bits per heavy atom. The summed E-state index contributed by atoms with van der Waals surface area (Å²) in [4.78, 5) is 10.8. The van der Waals surface area contributed by atoms with Crippen molar-refractivity contribution in [3.63, 3.8) is 0 Å². The lowest BCUT2D eigenvalue weighted by atomic mass is 10.1. The number of urea groups is 1. The second-order valence-electron chi connectivity index (χ2n) is 2.82. The minimum atomic E-state index is -0.0798. The van der Waals surface area contributed by atoms with Gasteiger partial charge in [-0.05, 0) is 5.56 Å². The Bertz CT molecular complexity index is 284. The molecule has 0 saturated carbocycles. The molecule has 2 N–H and O–H groups in total. The third-order valence-electron chi connectivity index (χ3n) is 1.97. The first-order valence-electron chi connectivity index (χ1n) is 3.95. The van der Waals surface area contributed by atoms with Crippen LogP contribution in [0.2, 0.25) is 0 Å². The average Bonchev–Trinajstić information content (AvgIpc) is 2.54. The topological polar surface area (TPSA) is 41.1 Å². The van der Waals surface area contributed by atoms with Gasteiger partial charge in [-0.2, -0.15) is 0 Å². The van der Waals surface area contributed by atoms with Gasteiger partial charge in [0.1, 0.15) is 0 Å². The summed E-state index contributed by atoms with van der Waals surface area (Å²) < 4.78 is 0. The summed E-state index contributed by atoms with van der Waals surface area (Å²) in [6.07, 6.45) is 0. The Morgan fingerprint density at radius 1 is 1.25 bits per heavy atom. The Labute approximate surface area is 70.8 Å². The second-order valence-corrected chi connectivity index (χ2v) is 2.82. The zero-order valence-corrected chi connectivity index (χ0v) is 6.58. The van der Waals surface area contributed by atoms with E-state index in [1.807, 2.05) is 30.3 Å². The summed E-state index contributed by atoms with van der Waals surface area (Å²) in [6, 6.07) is 9.99. The molecule has 0 spiro atoms. The highest BCUT2D eigenvalue weighted by molar-refractivity contribution is 5.76. The first-order chi connectivity index (χ1) is 5.86. The van der Waals surface area contributed by atoms with Crippen LogP contribution in [-0.4, -0.2) is 12.6 Å². The van der Waals surface area contributed by atoms with Gasteiger partial charge in [0.25, 0.3) is 0 Å². The van der Waals surface area contributed by atoms with Crippen molar-refractivity contribution >= 4 is 6.03 Å². The van der Waals surface area contributed by atoms with Crippen LogP contribution in [-0.2, 0) is 0 Å². The van der Waals surface area contributed by atoms with E-state index in [2.05, 4.69) is 10.6 Å². The molecule has 12 heavy (non-hydrogen) atoms. The molecule has 1 saturated heterocycles. The highest BCUT2D eigenvalue weighted by Gasteiger charge is 2.20. The van der Waals surface area contributed by atoms with Crippen molar-refractivity contribution in [2.45, 2.75) is 6.04 Å². The molecule has 0 aliphatic carbocycles. The van der Waals surface area contributed by atoms with Crippen LogP contribution in [0, 0.1) is 0 Å². The van der Waals surface area contributed by atoms with E-state index in [-0.39, 0.29) is 12.1 Å². The van der Waals surface area contributed by atoms with E-state index >= 15 is 0 Å². The maximum Gasteiger partial charge on any atom is 0.315 e. The predicted molar refractivity (Wildman–Crippen MR) is 45.7 cm³/mol. The fourth-order valence-electron chi connectivity index (χ4n) is 1.34. The molecule has 3 nitrogen and oxygen atoms in total. The summed E-state index contributed by atoms with van der Waals surface area (Å²) in [5.74, 6) is 0. The zero-order valence-electron chi connectivity index (χ0n) is 6.58. The summed E-state index contributed by atoms with van der Waals surface area (Å²) in [5, 5.41) is 5.54. The van der Waals surface area contributed by atoms with Crippen molar-refractivity contribution < 1.29 is 4.79 Å². The van der Waals surface area contributed by atoms with Crippen LogP contribution in [0.25, 0.3) is 0 Å². The molecule has 1 atom stereocenters. The molecule has 1 aliphatic rings. The molecule has 3 heteroatoms. The maximum absolute atomic E-state index is 10.8. The van der Waals surface area contributed by atoms with Gasteiger partial charge in [-0.15, -0.1) is 0 Å². The van der Waals surface area contributed by atoms with Gasteiger partial charge in [0.15, 0.2) is 0 Å². The molecule has 1 aromatic rings. The monoisotopic (exact) mass is 162 g/mol. The highest BCUT2D eigenvalue weighted by Crippen LogP contribution is 2.13. The minimum Gasteiger partial charge on any atom is -0.336 e. The Kier molecular flexibility index (Phi) is 1.70. The third-order valence-corrected chi connectivity index (χ3v) is 1.97. The number of carbonyl (C=O) groups is 1. The lowest BCUT2D eigenvalue weighted by molar-refractivity contribution is 0.247. The number of amides is 2. The molecule has 0 bridgehead atoms. The van der Waals surface area contributed by atoms with E-state index in [0.717, 1.165) is 5.56 Å². The number of rotatable bonds is 1. The van der Waals surface area contributed by atoms with Gasteiger partial charge in [-0.1, -0.05) is 30.3 Å². The Balaban J connectivity index is 2.16. The van der Waals surface area contributed by atoms with Crippen molar-refractivity contribution in [3.8, 4) is 0 Å². The molecule has 2 amide bonds. The van der Waals surface area contributed by atoms with Gasteiger partial charge < -0.3 is 10.6 Å². The van der Waals surface area contributed by atoms with Crippen molar-refractivity contribution in [2.24, 2.45) is 0 Å². The number of nitrogens with one attached hydrogen (secondary N) is 2. The van der Waals surface area contributed by atoms with Gasteiger partial charge in [-0.3, -0.25) is 0 Å². The quantitative estimate of drug-likeness (QED) is 0.636. The van der Waals surface area contributed by atoms with E-state index in [9.17, 15) is 4.79 Å². The molecule has 62 valence electrons. The number of carbonyl (C=O) groups excluding carboxylic acids is 1. The molecule has 1 heterocycles. The summed E-state index contributed by atoms with van der Waals surface area (Å²) in [5.41, 5.74) is 1.15. The largest absolute Gasteiger partial charge is 0.336 e. The normalized spacial score (nSPS) is 21.7. The van der Waals surface area contributed by atoms with E-state index in [0.29, 0.717) is 6.54 Å². The van der Waals surface area contributed by atoms with Crippen molar-refractivity contribution in [2.75, 3.05) is 6.54 Å². The first-order valence-corrected chi connectivity index (χ1v) is 3.95. The standard InChI is InChI=1S/C9H10N2O/c12-9-10-6-8(11-9)7-4-2-1-3-5-7/h1-5,8H,6H2,(H2,10,11,12)/t8-/m1/s1. The van der Waals surface area contributed by atoms with Gasteiger partial charge >= 0.3 is 6.03 Å². The predicted octanol–water partition coefficient (Wildman–Crippen LogP) is 1.04. The SMILES string of the molecule is O=C1NC[C@H](c2ccccc2)N1. The second kappa shape index (κ2) is 2.85. The molecule has 2 rings (SSSR count). The summed E-state index contributed by atoms with van der Waals surface area (Å²) >= 11 is 0. The summed E-state index contributed by atoms with van der Waals surface area (Å²) in [7, 11) is 0. The molecule has 0 aromatic heterocycles. The van der Waals surface area contributed by atoms with Crippen LogP contribution in [0.4, 0.5) is 4.79 Å². The van der Waals surface area contributed by atoms with Crippen LogP contribution in [0.15, 0.2) is 30.3 Å². The fraction of sp³-hybridized carbons (Fsp3) is 0.222. The van der Waals surface area contributed by atoms with Crippen molar-refractivity contribution in [3.05, 3.63) is 35.9 Å². The first kappa shape index (κ1) is 7.16. The van der Waals surface area contributed by atoms with Crippen LogP contribution in [0.5, 0.6) is 0 Å². The van der Waals surface area contributed by atoms with Crippen LogP contribution in [0.3, 0.4) is 0 Å². The fourth-order valence-corrected chi connectivity index (χ4v) is 1.34. The van der Waals surface area contributed by atoms with Crippen LogP contribution < -0.4 is 10.6 Å². The molecule has 0 unspecified atom stereocenters. The maximum atomic E-state index is 10.8. The van der Waals surface area contributed by atoms with Gasteiger partial charge in [0, 0.05) is 6.54 Å². The third kappa shape index (κ3) is 1.25. The minimum absolute atomic E-state index is 0.0798. The molecule has 1 aliphatic heterocycles. The van der Waals surface area contributed by atoms with E-state index in [4.69, 9.17) is 0 Å². The van der Waals surface area contributed by atoms with Crippen LogP contribution >= 0.6 is 0 Å². The molecule has 1 fully saturated rings. The molecule has 0 radical (unpaired) electrons. The average molecular weight is 162 g/mol. The smallest absolute Gasteiger partial charge is 0.315 e.